The van der Waals surface area contributed by atoms with Crippen LogP contribution in [-0.2, 0) is 14.8 Å². The van der Waals surface area contributed by atoms with Crippen molar-refractivity contribution in [2.45, 2.75) is 51.0 Å². The molecule has 7 nitrogen and oxygen atoms in total. The summed E-state index contributed by atoms with van der Waals surface area (Å²) in [6.07, 6.45) is 9.87. The fraction of sp³-hybridized carbons (Fsp3) is 0.933. The van der Waals surface area contributed by atoms with Crippen LogP contribution >= 0.6 is 24.0 Å². The molecule has 1 saturated carbocycles. The first-order valence-corrected chi connectivity index (χ1v) is 10.4. The van der Waals surface area contributed by atoms with Crippen molar-refractivity contribution < 1.29 is 13.2 Å². The van der Waals surface area contributed by atoms with Gasteiger partial charge in [0.1, 0.15) is 0 Å². The van der Waals surface area contributed by atoms with Crippen molar-refractivity contribution in [2.75, 3.05) is 39.5 Å². The van der Waals surface area contributed by atoms with Gasteiger partial charge in [0.05, 0.1) is 19.0 Å². The number of nitrogens with zero attached hydrogens (tertiary/aromatic N) is 1. The summed E-state index contributed by atoms with van der Waals surface area (Å²) in [7, 11) is -1.38. The normalized spacial score (nSPS) is 17.0. The van der Waals surface area contributed by atoms with Gasteiger partial charge < -0.3 is 15.4 Å². The first kappa shape index (κ1) is 23.9. The summed E-state index contributed by atoms with van der Waals surface area (Å²) in [4.78, 5) is 4.13. The van der Waals surface area contributed by atoms with Gasteiger partial charge in [-0.15, -0.1) is 24.0 Å². The third-order valence-corrected chi connectivity index (χ3v) is 4.51. The lowest BCUT2D eigenvalue weighted by Crippen LogP contribution is -2.40. The van der Waals surface area contributed by atoms with E-state index in [9.17, 15) is 8.42 Å². The zero-order valence-corrected chi connectivity index (χ0v) is 18.0. The van der Waals surface area contributed by atoms with E-state index in [1.165, 1.54) is 38.5 Å². The van der Waals surface area contributed by atoms with E-state index < -0.39 is 10.0 Å². The molecule has 0 atom stereocenters. The van der Waals surface area contributed by atoms with Gasteiger partial charge in [-0.2, -0.15) is 0 Å². The molecule has 24 heavy (non-hydrogen) atoms. The number of halogens is 1. The van der Waals surface area contributed by atoms with Crippen molar-refractivity contribution in [2.24, 2.45) is 4.99 Å². The lowest BCUT2D eigenvalue weighted by molar-refractivity contribution is 0.0468. The van der Waals surface area contributed by atoms with Crippen molar-refractivity contribution >= 4 is 40.0 Å². The van der Waals surface area contributed by atoms with Gasteiger partial charge in [-0.1, -0.05) is 25.7 Å². The summed E-state index contributed by atoms with van der Waals surface area (Å²) in [5.41, 5.74) is 0. The first-order chi connectivity index (χ1) is 11.0. The van der Waals surface area contributed by atoms with Crippen molar-refractivity contribution in [3.63, 3.8) is 0 Å². The van der Waals surface area contributed by atoms with Crippen LogP contribution in [0.25, 0.3) is 0 Å². The Morgan fingerprint density at radius 2 is 1.71 bits per heavy atom. The highest BCUT2D eigenvalue weighted by molar-refractivity contribution is 14.0. The quantitative estimate of drug-likeness (QED) is 0.154. The van der Waals surface area contributed by atoms with Crippen molar-refractivity contribution in [1.82, 2.24) is 15.4 Å². The molecule has 0 heterocycles. The number of hydrogen-bond acceptors (Lipinski definition) is 4. The van der Waals surface area contributed by atoms with Crippen LogP contribution < -0.4 is 15.4 Å². The molecule has 1 rings (SSSR count). The minimum Gasteiger partial charge on any atom is -0.376 e. The largest absolute Gasteiger partial charge is 0.376 e. The second-order valence-electron chi connectivity index (χ2n) is 5.93. The first-order valence-electron chi connectivity index (χ1n) is 8.52. The lowest BCUT2D eigenvalue weighted by Gasteiger charge is -2.16. The molecule has 9 heteroatoms. The number of hydrogen-bond donors (Lipinski definition) is 3. The lowest BCUT2D eigenvalue weighted by atomic mass is 10.1. The third kappa shape index (κ3) is 13.2. The molecule has 1 aliphatic rings. The maximum atomic E-state index is 10.9. The van der Waals surface area contributed by atoms with Gasteiger partial charge in [-0.05, 0) is 19.3 Å². The molecule has 3 N–H and O–H groups in total. The van der Waals surface area contributed by atoms with Crippen LogP contribution in [0, 0.1) is 0 Å². The maximum absolute atomic E-state index is 10.9. The Bertz CT molecular complexity index is 438. The minimum absolute atomic E-state index is 0. The Kier molecular flexibility index (Phi) is 14.0. The van der Waals surface area contributed by atoms with E-state index in [-0.39, 0.29) is 24.0 Å². The van der Waals surface area contributed by atoms with Gasteiger partial charge in [0.2, 0.25) is 10.0 Å². The van der Waals surface area contributed by atoms with Crippen LogP contribution in [0.4, 0.5) is 0 Å². The predicted molar refractivity (Wildman–Crippen MR) is 110 cm³/mol. The van der Waals surface area contributed by atoms with E-state index in [1.54, 1.807) is 7.05 Å². The SMILES string of the molecule is CN=C(NCCCNS(C)(=O)=O)NCCOC1CCCCCC1.I. The van der Waals surface area contributed by atoms with Crippen LogP contribution in [0.1, 0.15) is 44.9 Å². The number of sulfonamides is 1. The van der Waals surface area contributed by atoms with Gasteiger partial charge >= 0.3 is 0 Å². The number of aliphatic imine (C=N–C) groups is 1. The zero-order chi connectivity index (χ0) is 17.0. The summed E-state index contributed by atoms with van der Waals surface area (Å²) in [6.45, 7) is 2.48. The van der Waals surface area contributed by atoms with Gasteiger partial charge in [-0.3, -0.25) is 4.99 Å². The van der Waals surface area contributed by atoms with Crippen LogP contribution in [-0.4, -0.2) is 60.0 Å². The maximum Gasteiger partial charge on any atom is 0.208 e. The molecule has 1 aliphatic carbocycles. The van der Waals surface area contributed by atoms with Crippen molar-refractivity contribution in [3.05, 3.63) is 0 Å². The second kappa shape index (κ2) is 14.1. The summed E-state index contributed by atoms with van der Waals surface area (Å²) in [5, 5.41) is 6.36. The van der Waals surface area contributed by atoms with Crippen molar-refractivity contribution in [3.8, 4) is 0 Å². The third-order valence-electron chi connectivity index (χ3n) is 3.78. The zero-order valence-electron chi connectivity index (χ0n) is 14.8. The monoisotopic (exact) mass is 476 g/mol. The molecular formula is C15H33IN4O3S. The average molecular weight is 476 g/mol. The fourth-order valence-electron chi connectivity index (χ4n) is 2.58. The Morgan fingerprint density at radius 1 is 1.08 bits per heavy atom. The molecule has 144 valence electrons. The fourth-order valence-corrected chi connectivity index (χ4v) is 3.09. The highest BCUT2D eigenvalue weighted by Crippen LogP contribution is 2.19. The summed E-state index contributed by atoms with van der Waals surface area (Å²) >= 11 is 0. The standard InChI is InChI=1S/C15H32N4O3S.HI/c1-16-15(17-10-7-11-19-23(2,20)21)18-12-13-22-14-8-5-3-4-6-9-14;/h14,19H,3-13H2,1-2H3,(H2,16,17,18);1H. The number of nitrogens with one attached hydrogen (secondary N) is 3. The Balaban J connectivity index is 0.00000529. The van der Waals surface area contributed by atoms with E-state index in [4.69, 9.17) is 4.74 Å². The van der Waals surface area contributed by atoms with Crippen molar-refractivity contribution in [1.29, 1.82) is 0 Å². The molecule has 0 spiro atoms. The Morgan fingerprint density at radius 3 is 2.29 bits per heavy atom. The van der Waals surface area contributed by atoms with Crippen LogP contribution in [0.2, 0.25) is 0 Å². The van der Waals surface area contributed by atoms with Crippen LogP contribution in [0.15, 0.2) is 4.99 Å². The van der Waals surface area contributed by atoms with E-state index in [2.05, 4.69) is 20.3 Å². The van der Waals surface area contributed by atoms with Crippen LogP contribution in [0.3, 0.4) is 0 Å². The summed E-state index contributed by atoms with van der Waals surface area (Å²) in [6, 6.07) is 0. The number of guanidine groups is 1. The Labute approximate surface area is 163 Å². The molecule has 0 aromatic rings. The van der Waals surface area contributed by atoms with E-state index in [1.807, 2.05) is 0 Å². The molecule has 0 saturated heterocycles. The molecule has 0 aromatic carbocycles. The number of rotatable bonds is 9. The molecule has 0 unspecified atom stereocenters. The smallest absolute Gasteiger partial charge is 0.208 e. The molecular weight excluding hydrogens is 443 g/mol. The molecule has 1 fully saturated rings. The van der Waals surface area contributed by atoms with Gasteiger partial charge in [-0.25, -0.2) is 13.1 Å². The van der Waals surface area contributed by atoms with E-state index in [0.717, 1.165) is 12.8 Å². The van der Waals surface area contributed by atoms with E-state index in [0.29, 0.717) is 38.2 Å². The molecule has 0 radical (unpaired) electrons. The molecule has 0 aliphatic heterocycles. The Hall–Kier alpha value is -0.130. The van der Waals surface area contributed by atoms with E-state index >= 15 is 0 Å². The summed E-state index contributed by atoms with van der Waals surface area (Å²) in [5.74, 6) is 0.717. The van der Waals surface area contributed by atoms with Gasteiger partial charge in [0.15, 0.2) is 5.96 Å². The predicted octanol–water partition coefficient (Wildman–Crippen LogP) is 1.45. The van der Waals surface area contributed by atoms with Crippen LogP contribution in [0.5, 0.6) is 0 Å². The molecule has 0 amide bonds. The highest BCUT2D eigenvalue weighted by atomic mass is 127. The highest BCUT2D eigenvalue weighted by Gasteiger charge is 2.12. The van der Waals surface area contributed by atoms with Gasteiger partial charge in [0, 0.05) is 26.7 Å². The average Bonchev–Trinajstić information content (AvgIpc) is 2.76. The second-order valence-corrected chi connectivity index (χ2v) is 7.76. The number of ether oxygens (including phenoxy) is 1. The molecule has 0 bridgehead atoms. The summed E-state index contributed by atoms with van der Waals surface area (Å²) < 4.78 is 30.2. The topological polar surface area (TPSA) is 91.8 Å². The van der Waals surface area contributed by atoms with Gasteiger partial charge in [0.25, 0.3) is 0 Å². The minimum atomic E-state index is -3.10. The molecule has 0 aromatic heterocycles.